The van der Waals surface area contributed by atoms with Crippen LogP contribution in [0.15, 0.2) is 47.4 Å². The monoisotopic (exact) mass is 426 g/mol. The second kappa shape index (κ2) is 8.52. The SMILES string of the molecule is Cc1cccc(N(C)C(=O)C2CCN(S(=O)(=O)c3ccc4c(c3)CCCC4)CC2)c1. The molecule has 1 fully saturated rings. The summed E-state index contributed by atoms with van der Waals surface area (Å²) in [6.07, 6.45) is 5.41. The summed E-state index contributed by atoms with van der Waals surface area (Å²) in [6.45, 7) is 2.78. The molecule has 1 amide bonds. The minimum absolute atomic E-state index is 0.0615. The largest absolute Gasteiger partial charge is 0.315 e. The fourth-order valence-electron chi connectivity index (χ4n) is 4.60. The second-order valence-electron chi connectivity index (χ2n) is 8.55. The molecule has 5 nitrogen and oxygen atoms in total. The van der Waals surface area contributed by atoms with Gasteiger partial charge in [-0.3, -0.25) is 4.79 Å². The van der Waals surface area contributed by atoms with Crippen molar-refractivity contribution < 1.29 is 13.2 Å². The molecule has 1 heterocycles. The smallest absolute Gasteiger partial charge is 0.243 e. The van der Waals surface area contributed by atoms with Gasteiger partial charge in [0.1, 0.15) is 0 Å². The molecule has 2 aliphatic rings. The highest BCUT2D eigenvalue weighted by molar-refractivity contribution is 7.89. The van der Waals surface area contributed by atoms with E-state index in [0.717, 1.165) is 30.5 Å². The van der Waals surface area contributed by atoms with Crippen LogP contribution in [-0.4, -0.2) is 38.8 Å². The van der Waals surface area contributed by atoms with Gasteiger partial charge in [-0.1, -0.05) is 18.2 Å². The highest BCUT2D eigenvalue weighted by atomic mass is 32.2. The third-order valence-electron chi connectivity index (χ3n) is 6.48. The minimum atomic E-state index is -3.51. The number of carbonyl (C=O) groups is 1. The van der Waals surface area contributed by atoms with Crippen molar-refractivity contribution in [2.45, 2.75) is 50.3 Å². The number of fused-ring (bicyclic) bond motifs is 1. The average Bonchev–Trinajstić information content (AvgIpc) is 2.78. The Bertz CT molecular complexity index is 1040. The van der Waals surface area contributed by atoms with Crippen molar-refractivity contribution in [2.75, 3.05) is 25.0 Å². The number of aryl methyl sites for hydroxylation is 3. The molecule has 0 N–H and O–H groups in total. The van der Waals surface area contributed by atoms with E-state index in [2.05, 4.69) is 0 Å². The van der Waals surface area contributed by atoms with Crippen LogP contribution in [0.1, 0.15) is 42.4 Å². The van der Waals surface area contributed by atoms with E-state index in [1.54, 1.807) is 22.3 Å². The first kappa shape index (κ1) is 21.1. The second-order valence-corrected chi connectivity index (χ2v) is 10.5. The van der Waals surface area contributed by atoms with Crippen molar-refractivity contribution in [3.8, 4) is 0 Å². The average molecular weight is 427 g/mol. The van der Waals surface area contributed by atoms with E-state index in [4.69, 9.17) is 0 Å². The number of nitrogens with zero attached hydrogens (tertiary/aromatic N) is 2. The van der Waals surface area contributed by atoms with Crippen LogP contribution in [0.2, 0.25) is 0 Å². The summed E-state index contributed by atoms with van der Waals surface area (Å²) in [4.78, 5) is 15.0. The van der Waals surface area contributed by atoms with Gasteiger partial charge < -0.3 is 4.90 Å². The first-order valence-corrected chi connectivity index (χ1v) is 12.3. The van der Waals surface area contributed by atoms with E-state index >= 15 is 0 Å². The molecule has 0 aromatic heterocycles. The Morgan fingerprint density at radius 2 is 1.70 bits per heavy atom. The topological polar surface area (TPSA) is 57.7 Å². The lowest BCUT2D eigenvalue weighted by atomic mass is 9.92. The zero-order valence-electron chi connectivity index (χ0n) is 17.8. The van der Waals surface area contributed by atoms with Gasteiger partial charge in [-0.05, 0) is 86.4 Å². The van der Waals surface area contributed by atoms with Gasteiger partial charge in [-0.15, -0.1) is 0 Å². The van der Waals surface area contributed by atoms with Crippen LogP contribution < -0.4 is 4.90 Å². The Morgan fingerprint density at radius 1 is 1.00 bits per heavy atom. The number of piperidine rings is 1. The van der Waals surface area contributed by atoms with E-state index < -0.39 is 10.0 Å². The summed E-state index contributed by atoms with van der Waals surface area (Å²) in [7, 11) is -1.72. The number of hydrogen-bond acceptors (Lipinski definition) is 3. The summed E-state index contributed by atoms with van der Waals surface area (Å²) in [5.41, 5.74) is 4.44. The maximum Gasteiger partial charge on any atom is 0.243 e. The molecule has 0 unspecified atom stereocenters. The molecule has 0 bridgehead atoms. The number of sulfonamides is 1. The normalized spacial score (nSPS) is 18.1. The summed E-state index contributed by atoms with van der Waals surface area (Å²) in [6, 6.07) is 13.5. The highest BCUT2D eigenvalue weighted by Gasteiger charge is 2.33. The molecular formula is C24H30N2O3S. The number of amides is 1. The van der Waals surface area contributed by atoms with Crippen LogP contribution in [0.4, 0.5) is 5.69 Å². The summed E-state index contributed by atoms with van der Waals surface area (Å²) in [5.74, 6) is -0.0862. The number of benzene rings is 2. The molecular weight excluding hydrogens is 396 g/mol. The van der Waals surface area contributed by atoms with Crippen molar-refractivity contribution in [3.63, 3.8) is 0 Å². The van der Waals surface area contributed by atoms with Crippen molar-refractivity contribution in [1.29, 1.82) is 0 Å². The molecule has 2 aromatic carbocycles. The fourth-order valence-corrected chi connectivity index (χ4v) is 6.12. The number of rotatable bonds is 4. The van der Waals surface area contributed by atoms with Crippen molar-refractivity contribution in [3.05, 3.63) is 59.2 Å². The van der Waals surface area contributed by atoms with E-state index in [0.29, 0.717) is 30.8 Å². The van der Waals surface area contributed by atoms with Gasteiger partial charge >= 0.3 is 0 Å². The lowest BCUT2D eigenvalue weighted by Crippen LogP contribution is -2.43. The molecule has 2 aromatic rings. The molecule has 0 radical (unpaired) electrons. The zero-order valence-corrected chi connectivity index (χ0v) is 18.6. The Labute approximate surface area is 179 Å². The van der Waals surface area contributed by atoms with Crippen LogP contribution >= 0.6 is 0 Å². The fraction of sp³-hybridized carbons (Fsp3) is 0.458. The predicted molar refractivity (Wildman–Crippen MR) is 119 cm³/mol. The first-order chi connectivity index (χ1) is 14.4. The number of hydrogen-bond donors (Lipinski definition) is 0. The molecule has 0 spiro atoms. The van der Waals surface area contributed by atoms with Gasteiger partial charge in [0.2, 0.25) is 15.9 Å². The van der Waals surface area contributed by atoms with Crippen LogP contribution in [0.25, 0.3) is 0 Å². The Balaban J connectivity index is 1.43. The van der Waals surface area contributed by atoms with Crippen molar-refractivity contribution in [1.82, 2.24) is 4.31 Å². The first-order valence-electron chi connectivity index (χ1n) is 10.8. The summed E-state index contributed by atoms with van der Waals surface area (Å²) < 4.78 is 27.9. The molecule has 0 atom stereocenters. The van der Waals surface area contributed by atoms with Gasteiger partial charge in [0.15, 0.2) is 0 Å². The maximum absolute atomic E-state index is 13.2. The molecule has 1 aliphatic carbocycles. The van der Waals surface area contributed by atoms with Gasteiger partial charge in [0.05, 0.1) is 4.90 Å². The van der Waals surface area contributed by atoms with Crippen LogP contribution in [0.5, 0.6) is 0 Å². The molecule has 30 heavy (non-hydrogen) atoms. The van der Waals surface area contributed by atoms with E-state index in [1.807, 2.05) is 43.3 Å². The quantitative estimate of drug-likeness (QED) is 0.744. The standard InChI is InChI=1S/C24H30N2O3S/c1-18-6-5-9-22(16-18)25(2)24(27)20-12-14-26(15-13-20)30(28,29)23-11-10-19-7-3-4-8-21(19)17-23/h5-6,9-11,16-17,20H,3-4,7-8,12-15H2,1-2H3. The third kappa shape index (κ3) is 4.16. The third-order valence-corrected chi connectivity index (χ3v) is 8.38. The van der Waals surface area contributed by atoms with Crippen LogP contribution in [0, 0.1) is 12.8 Å². The zero-order chi connectivity index (χ0) is 21.3. The maximum atomic E-state index is 13.2. The summed E-state index contributed by atoms with van der Waals surface area (Å²) >= 11 is 0. The number of anilines is 1. The van der Waals surface area contributed by atoms with Gasteiger partial charge in [-0.25, -0.2) is 8.42 Å². The molecule has 1 aliphatic heterocycles. The molecule has 4 rings (SSSR count). The molecule has 160 valence electrons. The van der Waals surface area contributed by atoms with Crippen molar-refractivity contribution >= 4 is 21.6 Å². The van der Waals surface area contributed by atoms with E-state index in [1.165, 1.54) is 17.5 Å². The van der Waals surface area contributed by atoms with E-state index in [-0.39, 0.29) is 11.8 Å². The lowest BCUT2D eigenvalue weighted by molar-refractivity contribution is -0.123. The van der Waals surface area contributed by atoms with Gasteiger partial charge in [-0.2, -0.15) is 4.31 Å². The molecule has 1 saturated heterocycles. The Kier molecular flexibility index (Phi) is 5.98. The Hall–Kier alpha value is -2.18. The summed E-state index contributed by atoms with van der Waals surface area (Å²) in [5, 5.41) is 0. The highest BCUT2D eigenvalue weighted by Crippen LogP contribution is 2.29. The van der Waals surface area contributed by atoms with Crippen molar-refractivity contribution in [2.24, 2.45) is 5.92 Å². The molecule has 0 saturated carbocycles. The van der Waals surface area contributed by atoms with Gasteiger partial charge in [0, 0.05) is 31.7 Å². The minimum Gasteiger partial charge on any atom is -0.315 e. The Morgan fingerprint density at radius 3 is 2.40 bits per heavy atom. The van der Waals surface area contributed by atoms with E-state index in [9.17, 15) is 13.2 Å². The predicted octanol–water partition coefficient (Wildman–Crippen LogP) is 3.94. The van der Waals surface area contributed by atoms with Crippen LogP contribution in [-0.2, 0) is 27.7 Å². The van der Waals surface area contributed by atoms with Crippen LogP contribution in [0.3, 0.4) is 0 Å². The van der Waals surface area contributed by atoms with Gasteiger partial charge in [0.25, 0.3) is 0 Å². The molecule has 6 heteroatoms. The number of carbonyl (C=O) groups excluding carboxylic acids is 1. The lowest BCUT2D eigenvalue weighted by Gasteiger charge is -2.32.